The van der Waals surface area contributed by atoms with Crippen molar-refractivity contribution in [2.24, 2.45) is 0 Å². The zero-order valence-corrected chi connectivity index (χ0v) is 8.53. The van der Waals surface area contributed by atoms with Crippen molar-refractivity contribution >= 4 is 5.82 Å². The quantitative estimate of drug-likeness (QED) is 0.653. The highest BCUT2D eigenvalue weighted by Gasteiger charge is 2.24. The summed E-state index contributed by atoms with van der Waals surface area (Å²) in [4.78, 5) is 17.6. The van der Waals surface area contributed by atoms with Crippen molar-refractivity contribution in [3.63, 3.8) is 0 Å². The van der Waals surface area contributed by atoms with Crippen LogP contribution < -0.4 is 10.9 Å². The van der Waals surface area contributed by atoms with Gasteiger partial charge >= 0.3 is 0 Å². The van der Waals surface area contributed by atoms with Crippen molar-refractivity contribution < 1.29 is 5.11 Å². The summed E-state index contributed by atoms with van der Waals surface area (Å²) in [5.41, 5.74) is -0.873. The lowest BCUT2D eigenvalue weighted by molar-refractivity contribution is 0.133. The molecule has 0 fully saturated rings. The molecule has 78 valence electrons. The number of aliphatic hydroxyl groups excluding tert-OH is 1. The summed E-state index contributed by atoms with van der Waals surface area (Å²) in [6, 6.07) is 0. The molecule has 0 radical (unpaired) electrons. The molecule has 14 heavy (non-hydrogen) atoms. The van der Waals surface area contributed by atoms with Gasteiger partial charge in [0.05, 0.1) is 11.6 Å². The van der Waals surface area contributed by atoms with Crippen LogP contribution >= 0.6 is 0 Å². The molecule has 0 aliphatic heterocycles. The van der Waals surface area contributed by atoms with E-state index in [0.29, 0.717) is 0 Å². The number of hydrogen-bond donors (Lipinski definition) is 3. The van der Waals surface area contributed by atoms with Crippen molar-refractivity contribution in [1.82, 2.24) is 9.97 Å². The van der Waals surface area contributed by atoms with Crippen LogP contribution in [0.25, 0.3) is 0 Å². The van der Waals surface area contributed by atoms with Crippen molar-refractivity contribution in [2.75, 3.05) is 5.32 Å². The highest BCUT2D eigenvalue weighted by atomic mass is 16.3. The van der Waals surface area contributed by atoms with Gasteiger partial charge < -0.3 is 15.4 Å². The van der Waals surface area contributed by atoms with Gasteiger partial charge in [-0.25, -0.2) is 4.98 Å². The average Bonchev–Trinajstić information content (AvgIpc) is 2.08. The number of H-pyrrole nitrogens is 1. The van der Waals surface area contributed by atoms with E-state index in [-0.39, 0.29) is 11.4 Å². The van der Waals surface area contributed by atoms with Crippen LogP contribution in [-0.2, 0) is 0 Å². The lowest BCUT2D eigenvalue weighted by atomic mass is 9.99. The van der Waals surface area contributed by atoms with Crippen molar-refractivity contribution in [3.05, 3.63) is 22.7 Å². The minimum Gasteiger partial charge on any atom is -0.391 e. The Kier molecular flexibility index (Phi) is 2.90. The molecule has 0 aliphatic rings. The summed E-state index contributed by atoms with van der Waals surface area (Å²) in [7, 11) is 0. The van der Waals surface area contributed by atoms with Crippen LogP contribution in [-0.4, -0.2) is 26.7 Å². The van der Waals surface area contributed by atoms with Crippen molar-refractivity contribution in [3.8, 4) is 0 Å². The van der Waals surface area contributed by atoms with Gasteiger partial charge in [-0.05, 0) is 20.8 Å². The predicted octanol–water partition coefficient (Wildman–Crippen LogP) is 0.341. The standard InChI is InChI=1S/C9H15N3O2/c1-6(13)9(2,3)12-7-8(14)11-5-4-10-7/h4-6,13H,1-3H3,(H,10,12)(H,11,14). The van der Waals surface area contributed by atoms with Crippen molar-refractivity contribution in [1.29, 1.82) is 0 Å². The summed E-state index contributed by atoms with van der Waals surface area (Å²) in [6.07, 6.45) is 2.37. The van der Waals surface area contributed by atoms with E-state index in [9.17, 15) is 9.90 Å². The predicted molar refractivity (Wildman–Crippen MR) is 54.2 cm³/mol. The molecule has 5 nitrogen and oxygen atoms in total. The second kappa shape index (κ2) is 3.79. The summed E-state index contributed by atoms with van der Waals surface area (Å²) in [6.45, 7) is 5.25. The van der Waals surface area contributed by atoms with Gasteiger partial charge in [-0.3, -0.25) is 4.79 Å². The largest absolute Gasteiger partial charge is 0.391 e. The van der Waals surface area contributed by atoms with Gasteiger partial charge in [0.25, 0.3) is 5.56 Å². The summed E-state index contributed by atoms with van der Waals surface area (Å²) in [5, 5.41) is 12.3. The maximum Gasteiger partial charge on any atom is 0.290 e. The van der Waals surface area contributed by atoms with Gasteiger partial charge in [-0.2, -0.15) is 0 Å². The molecule has 0 bridgehead atoms. The molecule has 0 aliphatic carbocycles. The molecular weight excluding hydrogens is 182 g/mol. The first-order chi connectivity index (χ1) is 6.43. The molecule has 0 aromatic carbocycles. The molecule has 1 rings (SSSR count). The topological polar surface area (TPSA) is 78.0 Å². The Morgan fingerprint density at radius 3 is 2.79 bits per heavy atom. The van der Waals surface area contributed by atoms with Gasteiger partial charge in [0.1, 0.15) is 0 Å². The maximum absolute atomic E-state index is 11.3. The number of aliphatic hydroxyl groups is 1. The molecule has 1 unspecified atom stereocenters. The number of hydrogen-bond acceptors (Lipinski definition) is 4. The van der Waals surface area contributed by atoms with Crippen LogP contribution in [0.15, 0.2) is 17.2 Å². The Bertz CT molecular complexity index is 357. The smallest absolute Gasteiger partial charge is 0.290 e. The fraction of sp³-hybridized carbons (Fsp3) is 0.556. The molecule has 1 atom stereocenters. The second-order valence-electron chi connectivity index (χ2n) is 3.79. The Balaban J connectivity index is 2.89. The minimum atomic E-state index is -0.582. The van der Waals surface area contributed by atoms with Gasteiger partial charge in [0.15, 0.2) is 5.82 Å². The van der Waals surface area contributed by atoms with E-state index < -0.39 is 11.6 Å². The van der Waals surface area contributed by atoms with Crippen LogP contribution in [0.3, 0.4) is 0 Å². The zero-order valence-electron chi connectivity index (χ0n) is 8.53. The Hall–Kier alpha value is -1.36. The van der Waals surface area contributed by atoms with E-state index >= 15 is 0 Å². The summed E-state index contributed by atoms with van der Waals surface area (Å²) >= 11 is 0. The SMILES string of the molecule is CC(O)C(C)(C)Nc1ncc[nH]c1=O. The third-order valence-electron chi connectivity index (χ3n) is 2.19. The Morgan fingerprint density at radius 2 is 2.29 bits per heavy atom. The molecule has 1 aromatic rings. The first-order valence-corrected chi connectivity index (χ1v) is 4.43. The first-order valence-electron chi connectivity index (χ1n) is 4.43. The monoisotopic (exact) mass is 197 g/mol. The number of rotatable bonds is 3. The van der Waals surface area contributed by atoms with Crippen LogP contribution in [0, 0.1) is 0 Å². The highest BCUT2D eigenvalue weighted by Crippen LogP contribution is 2.13. The summed E-state index contributed by atoms with van der Waals surface area (Å²) < 4.78 is 0. The molecule has 0 saturated heterocycles. The molecule has 0 saturated carbocycles. The maximum atomic E-state index is 11.3. The minimum absolute atomic E-state index is 0.221. The van der Waals surface area contributed by atoms with Crippen molar-refractivity contribution in [2.45, 2.75) is 32.4 Å². The van der Waals surface area contributed by atoms with E-state index in [1.165, 1.54) is 12.4 Å². The van der Waals surface area contributed by atoms with Gasteiger partial charge in [-0.15, -0.1) is 0 Å². The Morgan fingerprint density at radius 1 is 1.64 bits per heavy atom. The molecule has 5 heteroatoms. The number of aromatic nitrogens is 2. The molecule has 1 aromatic heterocycles. The van der Waals surface area contributed by atoms with Crippen LogP contribution in [0.1, 0.15) is 20.8 Å². The fourth-order valence-corrected chi connectivity index (χ4v) is 0.850. The Labute approximate surface area is 82.2 Å². The molecular formula is C9H15N3O2. The van der Waals surface area contributed by atoms with Crippen LogP contribution in [0.5, 0.6) is 0 Å². The van der Waals surface area contributed by atoms with Crippen LogP contribution in [0.4, 0.5) is 5.82 Å². The van der Waals surface area contributed by atoms with Gasteiger partial charge in [0.2, 0.25) is 0 Å². The fourth-order valence-electron chi connectivity index (χ4n) is 0.850. The van der Waals surface area contributed by atoms with E-state index in [4.69, 9.17) is 0 Å². The number of aromatic amines is 1. The van der Waals surface area contributed by atoms with Gasteiger partial charge in [0, 0.05) is 12.4 Å². The normalized spacial score (nSPS) is 13.7. The van der Waals surface area contributed by atoms with Gasteiger partial charge in [-0.1, -0.05) is 0 Å². The molecule has 3 N–H and O–H groups in total. The third kappa shape index (κ3) is 2.32. The second-order valence-corrected chi connectivity index (χ2v) is 3.79. The lowest BCUT2D eigenvalue weighted by Crippen LogP contribution is -2.43. The average molecular weight is 197 g/mol. The number of nitrogens with one attached hydrogen (secondary N) is 2. The van der Waals surface area contributed by atoms with E-state index in [2.05, 4.69) is 15.3 Å². The molecule has 0 amide bonds. The molecule has 1 heterocycles. The first kappa shape index (κ1) is 10.7. The lowest BCUT2D eigenvalue weighted by Gasteiger charge is -2.29. The summed E-state index contributed by atoms with van der Waals surface area (Å²) in [5.74, 6) is 0.221. The van der Waals surface area contributed by atoms with E-state index in [0.717, 1.165) is 0 Å². The third-order valence-corrected chi connectivity index (χ3v) is 2.19. The molecule has 0 spiro atoms. The zero-order chi connectivity index (χ0) is 10.8. The number of nitrogens with zero attached hydrogens (tertiary/aromatic N) is 1. The van der Waals surface area contributed by atoms with E-state index in [1.807, 2.05) is 0 Å². The van der Waals surface area contributed by atoms with Crippen LogP contribution in [0.2, 0.25) is 0 Å². The number of anilines is 1. The highest BCUT2D eigenvalue weighted by molar-refractivity contribution is 5.34. The van der Waals surface area contributed by atoms with E-state index in [1.54, 1.807) is 20.8 Å².